The highest BCUT2D eigenvalue weighted by Crippen LogP contribution is 2.50. The number of rotatable bonds is 2. The summed E-state index contributed by atoms with van der Waals surface area (Å²) < 4.78 is 25.7. The van der Waals surface area contributed by atoms with Crippen molar-refractivity contribution in [2.75, 3.05) is 13.1 Å². The first-order valence-electron chi connectivity index (χ1n) is 8.82. The summed E-state index contributed by atoms with van der Waals surface area (Å²) in [5.41, 5.74) is 1.55. The second-order valence-electron chi connectivity index (χ2n) is 6.99. The molecule has 2 aromatic rings. The van der Waals surface area contributed by atoms with E-state index in [1.165, 1.54) is 17.0 Å². The van der Waals surface area contributed by atoms with Gasteiger partial charge < -0.3 is 19.5 Å². The molecule has 7 heteroatoms. The van der Waals surface area contributed by atoms with E-state index in [0.717, 1.165) is 18.4 Å². The van der Waals surface area contributed by atoms with Gasteiger partial charge in [0, 0.05) is 25.6 Å². The fourth-order valence-corrected chi connectivity index (χ4v) is 4.16. The van der Waals surface area contributed by atoms with Crippen molar-refractivity contribution < 1.29 is 23.8 Å². The van der Waals surface area contributed by atoms with Crippen LogP contribution in [0.5, 0.6) is 11.5 Å². The highest BCUT2D eigenvalue weighted by Gasteiger charge is 2.42. The molecule has 0 radical (unpaired) electrons. The average molecular weight is 392 g/mol. The smallest absolute Gasteiger partial charge is 0.407 e. The molecular weight excluding hydrogens is 373 g/mol. The lowest BCUT2D eigenvalue weighted by Gasteiger charge is -2.31. The highest BCUT2D eigenvalue weighted by atomic mass is 35.5. The molecule has 5 nitrogen and oxygen atoms in total. The molecule has 1 unspecified atom stereocenters. The second kappa shape index (κ2) is 6.60. The normalized spacial score (nSPS) is 22.1. The third-order valence-corrected chi connectivity index (χ3v) is 5.55. The van der Waals surface area contributed by atoms with E-state index in [9.17, 15) is 9.18 Å². The van der Waals surface area contributed by atoms with E-state index >= 15 is 0 Å². The monoisotopic (exact) mass is 391 g/mol. The third kappa shape index (κ3) is 3.18. The number of nitrogens with zero attached hydrogens (tertiary/aromatic N) is 1. The minimum atomic E-state index is -1.15. The van der Waals surface area contributed by atoms with Gasteiger partial charge in [-0.3, -0.25) is 0 Å². The summed E-state index contributed by atoms with van der Waals surface area (Å²) in [6.07, 6.45) is 0.560. The Morgan fingerprint density at radius 2 is 2.00 bits per heavy atom. The molecule has 0 aliphatic carbocycles. The largest absolute Gasteiger partial charge is 0.465 e. The summed E-state index contributed by atoms with van der Waals surface area (Å²) in [6, 6.07) is 9.84. The van der Waals surface area contributed by atoms with Crippen molar-refractivity contribution in [3.05, 3.63) is 58.4 Å². The highest BCUT2D eigenvalue weighted by molar-refractivity contribution is 6.31. The number of hydrogen-bond donors (Lipinski definition) is 1. The number of carbonyl (C=O) groups is 1. The van der Waals surface area contributed by atoms with Crippen molar-refractivity contribution in [3.63, 3.8) is 0 Å². The number of amides is 1. The van der Waals surface area contributed by atoms with Crippen LogP contribution in [0, 0.1) is 5.82 Å². The molecule has 1 amide bonds. The first-order valence-corrected chi connectivity index (χ1v) is 9.19. The van der Waals surface area contributed by atoms with E-state index in [0.29, 0.717) is 30.2 Å². The molecule has 2 aliphatic rings. The summed E-state index contributed by atoms with van der Waals surface area (Å²) in [5.74, 6) is -0.130. The van der Waals surface area contributed by atoms with Gasteiger partial charge in [-0.05, 0) is 43.0 Å². The zero-order valence-electron chi connectivity index (χ0n) is 14.7. The van der Waals surface area contributed by atoms with Gasteiger partial charge in [-0.15, -0.1) is 0 Å². The Balaban J connectivity index is 1.62. The molecule has 0 saturated carbocycles. The molecule has 2 aliphatic heterocycles. The maximum absolute atomic E-state index is 13.4. The van der Waals surface area contributed by atoms with Gasteiger partial charge in [0.15, 0.2) is 11.5 Å². The van der Waals surface area contributed by atoms with Crippen LogP contribution in [0.25, 0.3) is 0 Å². The van der Waals surface area contributed by atoms with Crippen molar-refractivity contribution in [1.82, 2.24) is 4.90 Å². The molecule has 4 rings (SSSR count). The van der Waals surface area contributed by atoms with Gasteiger partial charge in [-0.25, -0.2) is 9.18 Å². The van der Waals surface area contributed by atoms with Crippen LogP contribution in [0.3, 0.4) is 0 Å². The number of likely N-dealkylation sites (tertiary alicyclic amines) is 1. The molecule has 1 fully saturated rings. The van der Waals surface area contributed by atoms with Crippen LogP contribution in [0.2, 0.25) is 5.02 Å². The van der Waals surface area contributed by atoms with Crippen LogP contribution in [-0.4, -0.2) is 29.2 Å². The second-order valence-corrected chi connectivity index (χ2v) is 7.40. The standard InChI is InChI=1S/C20H19ClFNO4/c1-20(15-6-5-13(22)11-16(15)21)26-17-4-2-3-14(18(17)27-20)12-7-9-23(10-8-12)19(24)25/h2-6,11-12H,7-10H2,1H3,(H,24,25). The van der Waals surface area contributed by atoms with E-state index in [2.05, 4.69) is 0 Å². The van der Waals surface area contributed by atoms with Crippen molar-refractivity contribution in [3.8, 4) is 11.5 Å². The van der Waals surface area contributed by atoms with Gasteiger partial charge >= 0.3 is 6.09 Å². The fraction of sp³-hybridized carbons (Fsp3) is 0.350. The predicted molar refractivity (Wildman–Crippen MR) is 98.0 cm³/mol. The van der Waals surface area contributed by atoms with Crippen molar-refractivity contribution in [1.29, 1.82) is 0 Å². The van der Waals surface area contributed by atoms with Gasteiger partial charge in [0.05, 0.1) is 10.6 Å². The maximum atomic E-state index is 13.4. The number of benzene rings is 2. The van der Waals surface area contributed by atoms with Crippen LogP contribution in [-0.2, 0) is 5.79 Å². The predicted octanol–water partition coefficient (Wildman–Crippen LogP) is 4.98. The average Bonchev–Trinajstić information content (AvgIpc) is 2.98. The Hall–Kier alpha value is -2.47. The molecule has 27 heavy (non-hydrogen) atoms. The minimum absolute atomic E-state index is 0.185. The number of hydrogen-bond acceptors (Lipinski definition) is 3. The quantitative estimate of drug-likeness (QED) is 0.784. The van der Waals surface area contributed by atoms with E-state index in [4.69, 9.17) is 26.2 Å². The van der Waals surface area contributed by atoms with Crippen LogP contribution in [0.15, 0.2) is 36.4 Å². The minimum Gasteiger partial charge on any atom is -0.465 e. The first-order chi connectivity index (χ1) is 12.9. The van der Waals surface area contributed by atoms with Gasteiger partial charge in [0.25, 0.3) is 5.79 Å². The Labute approximate surface area is 161 Å². The van der Waals surface area contributed by atoms with Crippen molar-refractivity contribution >= 4 is 17.7 Å². The van der Waals surface area contributed by atoms with Gasteiger partial charge in [-0.1, -0.05) is 23.7 Å². The van der Waals surface area contributed by atoms with Crippen LogP contribution >= 0.6 is 11.6 Å². The molecule has 2 heterocycles. The van der Waals surface area contributed by atoms with Crippen molar-refractivity contribution in [2.24, 2.45) is 0 Å². The number of para-hydroxylation sites is 1. The molecule has 142 valence electrons. The molecule has 1 saturated heterocycles. The zero-order valence-corrected chi connectivity index (χ0v) is 15.5. The topological polar surface area (TPSA) is 59.0 Å². The maximum Gasteiger partial charge on any atom is 0.407 e. The Kier molecular flexibility index (Phi) is 4.38. The number of carboxylic acid groups (broad SMARTS) is 1. The SMILES string of the molecule is CC1(c2ccc(F)cc2Cl)Oc2cccc(C3CCN(C(=O)O)CC3)c2O1. The van der Waals surface area contributed by atoms with E-state index in [1.807, 2.05) is 18.2 Å². The fourth-order valence-electron chi connectivity index (χ4n) is 3.82. The lowest BCUT2D eigenvalue weighted by molar-refractivity contribution is -0.0684. The molecule has 1 N–H and O–H groups in total. The van der Waals surface area contributed by atoms with Gasteiger partial charge in [0.2, 0.25) is 0 Å². The molecule has 1 atom stereocenters. The summed E-state index contributed by atoms with van der Waals surface area (Å²) in [5, 5.41) is 9.37. The molecule has 0 spiro atoms. The lowest BCUT2D eigenvalue weighted by Crippen LogP contribution is -2.37. The first kappa shape index (κ1) is 17.9. The zero-order chi connectivity index (χ0) is 19.2. The molecular formula is C20H19ClFNO4. The van der Waals surface area contributed by atoms with Crippen LogP contribution in [0.4, 0.5) is 9.18 Å². The lowest BCUT2D eigenvalue weighted by atomic mass is 9.89. The summed E-state index contributed by atoms with van der Waals surface area (Å²) in [4.78, 5) is 12.6. The summed E-state index contributed by atoms with van der Waals surface area (Å²) in [7, 11) is 0. The van der Waals surface area contributed by atoms with E-state index < -0.39 is 17.7 Å². The summed E-state index contributed by atoms with van der Waals surface area (Å²) in [6.45, 7) is 2.74. The molecule has 0 bridgehead atoms. The Morgan fingerprint density at radius 1 is 1.26 bits per heavy atom. The number of piperidine rings is 1. The molecule has 2 aromatic carbocycles. The van der Waals surface area contributed by atoms with E-state index in [1.54, 1.807) is 13.0 Å². The Morgan fingerprint density at radius 3 is 2.67 bits per heavy atom. The number of ether oxygens (including phenoxy) is 2. The summed E-state index contributed by atoms with van der Waals surface area (Å²) >= 11 is 6.22. The Bertz CT molecular complexity index is 898. The third-order valence-electron chi connectivity index (χ3n) is 5.24. The van der Waals surface area contributed by atoms with Crippen LogP contribution < -0.4 is 9.47 Å². The number of halogens is 2. The number of fused-ring (bicyclic) bond motifs is 1. The van der Waals surface area contributed by atoms with Gasteiger partial charge in [0.1, 0.15) is 5.82 Å². The van der Waals surface area contributed by atoms with Gasteiger partial charge in [-0.2, -0.15) is 0 Å². The molecule has 0 aromatic heterocycles. The van der Waals surface area contributed by atoms with E-state index in [-0.39, 0.29) is 10.9 Å². The van der Waals surface area contributed by atoms with Crippen LogP contribution in [0.1, 0.15) is 36.8 Å². The van der Waals surface area contributed by atoms with Crippen molar-refractivity contribution in [2.45, 2.75) is 31.5 Å².